The number of anilines is 1. The first kappa shape index (κ1) is 20.4. The third-order valence-corrected chi connectivity index (χ3v) is 6.77. The van der Waals surface area contributed by atoms with Gasteiger partial charge >= 0.3 is 0 Å². The zero-order chi connectivity index (χ0) is 20.9. The summed E-state index contributed by atoms with van der Waals surface area (Å²) in [5.74, 6) is -0.353. The Morgan fingerprint density at radius 3 is 2.47 bits per heavy atom. The molecule has 2 N–H and O–H groups in total. The van der Waals surface area contributed by atoms with Crippen LogP contribution in [-0.4, -0.2) is 11.8 Å². The van der Waals surface area contributed by atoms with Crippen LogP contribution < -0.4 is 10.6 Å². The fraction of sp³-hybridized carbons (Fsp3) is 0.280. The van der Waals surface area contributed by atoms with Gasteiger partial charge in [0.25, 0.3) is 11.8 Å². The second-order valence-corrected chi connectivity index (χ2v) is 8.86. The van der Waals surface area contributed by atoms with Gasteiger partial charge in [0.05, 0.1) is 22.2 Å². The predicted molar refractivity (Wildman–Crippen MR) is 122 cm³/mol. The standard InChI is InChI=1S/C25H26N2O2S/c1-17(18-10-4-2-5-11-18)26-24(28)20-13-8-9-14-21(20)27-25(29)23-16-19-12-6-3-7-15-22(19)30-23/h2,4-5,8-11,13-14,16-17H,3,6-7,12,15H2,1H3,(H,26,28)(H,27,29)/t17-/m1/s1. The highest BCUT2D eigenvalue weighted by Gasteiger charge is 2.19. The number of rotatable bonds is 5. The van der Waals surface area contributed by atoms with E-state index in [1.54, 1.807) is 23.5 Å². The summed E-state index contributed by atoms with van der Waals surface area (Å²) in [6.45, 7) is 1.95. The lowest BCUT2D eigenvalue weighted by Gasteiger charge is -2.16. The second-order valence-electron chi connectivity index (χ2n) is 7.73. The summed E-state index contributed by atoms with van der Waals surface area (Å²) in [5, 5.41) is 5.98. The Hall–Kier alpha value is -2.92. The molecule has 0 aliphatic heterocycles. The van der Waals surface area contributed by atoms with Crippen LogP contribution in [0.2, 0.25) is 0 Å². The fourth-order valence-electron chi connectivity index (χ4n) is 3.85. The van der Waals surface area contributed by atoms with Crippen molar-refractivity contribution in [2.24, 2.45) is 0 Å². The smallest absolute Gasteiger partial charge is 0.265 e. The first-order valence-electron chi connectivity index (χ1n) is 10.5. The van der Waals surface area contributed by atoms with Crippen molar-refractivity contribution in [2.45, 2.75) is 45.1 Å². The van der Waals surface area contributed by atoms with Crippen LogP contribution in [0.3, 0.4) is 0 Å². The molecule has 1 aliphatic rings. The molecule has 0 unspecified atom stereocenters. The second kappa shape index (κ2) is 9.26. The van der Waals surface area contributed by atoms with E-state index in [9.17, 15) is 9.59 Å². The molecule has 30 heavy (non-hydrogen) atoms. The first-order valence-corrected chi connectivity index (χ1v) is 11.3. The summed E-state index contributed by atoms with van der Waals surface area (Å²) in [7, 11) is 0. The molecular formula is C25H26N2O2S. The first-order chi connectivity index (χ1) is 14.6. The molecule has 2 aromatic carbocycles. The molecule has 1 heterocycles. The maximum atomic E-state index is 12.9. The maximum Gasteiger partial charge on any atom is 0.265 e. The topological polar surface area (TPSA) is 58.2 Å². The lowest BCUT2D eigenvalue weighted by atomic mass is 10.1. The number of amides is 2. The Kier molecular flexibility index (Phi) is 6.29. The van der Waals surface area contributed by atoms with E-state index < -0.39 is 0 Å². The molecule has 3 aromatic rings. The molecule has 1 aromatic heterocycles. The maximum absolute atomic E-state index is 12.9. The van der Waals surface area contributed by atoms with Crippen molar-refractivity contribution in [3.05, 3.63) is 87.1 Å². The molecule has 0 saturated heterocycles. The number of nitrogens with one attached hydrogen (secondary N) is 2. The Morgan fingerprint density at radius 1 is 0.900 bits per heavy atom. The van der Waals surface area contributed by atoms with Crippen LogP contribution in [0.4, 0.5) is 5.69 Å². The number of carbonyl (C=O) groups is 2. The van der Waals surface area contributed by atoms with Gasteiger partial charge in [0, 0.05) is 4.88 Å². The van der Waals surface area contributed by atoms with Gasteiger partial charge in [-0.15, -0.1) is 11.3 Å². The number of para-hydroxylation sites is 1. The lowest BCUT2D eigenvalue weighted by molar-refractivity contribution is 0.0941. The van der Waals surface area contributed by atoms with Gasteiger partial charge in [0.1, 0.15) is 0 Å². The van der Waals surface area contributed by atoms with Crippen LogP contribution in [0.1, 0.15) is 68.3 Å². The number of hydrogen-bond donors (Lipinski definition) is 2. The summed E-state index contributed by atoms with van der Waals surface area (Å²) < 4.78 is 0. The van der Waals surface area contributed by atoms with Gasteiger partial charge in [-0.05, 0) is 61.9 Å². The lowest BCUT2D eigenvalue weighted by Crippen LogP contribution is -2.27. The van der Waals surface area contributed by atoms with Gasteiger partial charge in [-0.3, -0.25) is 9.59 Å². The van der Waals surface area contributed by atoms with Crippen LogP contribution in [0.5, 0.6) is 0 Å². The fourth-order valence-corrected chi connectivity index (χ4v) is 5.00. The number of aryl methyl sites for hydroxylation is 2. The molecule has 0 spiro atoms. The molecule has 1 aliphatic carbocycles. The minimum absolute atomic E-state index is 0.129. The number of fused-ring (bicyclic) bond motifs is 1. The quantitative estimate of drug-likeness (QED) is 0.518. The molecule has 0 saturated carbocycles. The van der Waals surface area contributed by atoms with E-state index in [1.165, 1.54) is 29.7 Å². The predicted octanol–water partition coefficient (Wildman–Crippen LogP) is 5.76. The van der Waals surface area contributed by atoms with Crippen LogP contribution in [-0.2, 0) is 12.8 Å². The Labute approximate surface area is 181 Å². The van der Waals surface area contributed by atoms with E-state index >= 15 is 0 Å². The van der Waals surface area contributed by atoms with Gasteiger partial charge in [0.15, 0.2) is 0 Å². The van der Waals surface area contributed by atoms with Crippen molar-refractivity contribution in [1.29, 1.82) is 0 Å². The van der Waals surface area contributed by atoms with Crippen molar-refractivity contribution < 1.29 is 9.59 Å². The average Bonchev–Trinajstić information content (AvgIpc) is 3.05. The zero-order valence-electron chi connectivity index (χ0n) is 17.1. The molecule has 4 nitrogen and oxygen atoms in total. The highest BCUT2D eigenvalue weighted by atomic mass is 32.1. The molecular weight excluding hydrogens is 392 g/mol. The van der Waals surface area contributed by atoms with E-state index in [4.69, 9.17) is 0 Å². The van der Waals surface area contributed by atoms with E-state index in [0.29, 0.717) is 11.3 Å². The minimum Gasteiger partial charge on any atom is -0.345 e. The van der Waals surface area contributed by atoms with Crippen molar-refractivity contribution in [1.82, 2.24) is 5.32 Å². The Bertz CT molecular complexity index is 1020. The zero-order valence-corrected chi connectivity index (χ0v) is 17.9. The van der Waals surface area contributed by atoms with E-state index in [0.717, 1.165) is 23.3 Å². The number of hydrogen-bond acceptors (Lipinski definition) is 3. The Morgan fingerprint density at radius 2 is 1.63 bits per heavy atom. The van der Waals surface area contributed by atoms with Crippen molar-refractivity contribution in [3.63, 3.8) is 0 Å². The molecule has 2 amide bonds. The highest BCUT2D eigenvalue weighted by molar-refractivity contribution is 7.14. The SMILES string of the molecule is C[C@@H](NC(=O)c1ccccc1NC(=O)c1cc2c(s1)CCCCC2)c1ccccc1. The normalized spacial score (nSPS) is 14.3. The Balaban J connectivity index is 1.49. The van der Waals surface area contributed by atoms with Crippen LogP contribution in [0.25, 0.3) is 0 Å². The van der Waals surface area contributed by atoms with Gasteiger partial charge in [-0.1, -0.05) is 48.9 Å². The van der Waals surface area contributed by atoms with Crippen molar-refractivity contribution in [3.8, 4) is 0 Å². The summed E-state index contributed by atoms with van der Waals surface area (Å²) in [6, 6.07) is 18.9. The molecule has 4 rings (SSSR count). The van der Waals surface area contributed by atoms with Crippen molar-refractivity contribution >= 4 is 28.8 Å². The summed E-state index contributed by atoms with van der Waals surface area (Å²) in [5.41, 5.74) is 3.34. The summed E-state index contributed by atoms with van der Waals surface area (Å²) in [4.78, 5) is 27.9. The monoisotopic (exact) mass is 418 g/mol. The number of carbonyl (C=O) groups excluding carboxylic acids is 2. The van der Waals surface area contributed by atoms with Crippen LogP contribution in [0, 0.1) is 0 Å². The minimum atomic E-state index is -0.204. The average molecular weight is 419 g/mol. The highest BCUT2D eigenvalue weighted by Crippen LogP contribution is 2.30. The van der Waals surface area contributed by atoms with Crippen LogP contribution >= 0.6 is 11.3 Å². The molecule has 0 radical (unpaired) electrons. The van der Waals surface area contributed by atoms with Crippen molar-refractivity contribution in [2.75, 3.05) is 5.32 Å². The summed E-state index contributed by atoms with van der Waals surface area (Å²) >= 11 is 1.59. The molecule has 0 fully saturated rings. The van der Waals surface area contributed by atoms with Gasteiger partial charge in [-0.25, -0.2) is 0 Å². The van der Waals surface area contributed by atoms with Crippen LogP contribution in [0.15, 0.2) is 60.7 Å². The van der Waals surface area contributed by atoms with E-state index in [-0.39, 0.29) is 17.9 Å². The van der Waals surface area contributed by atoms with Gasteiger partial charge in [-0.2, -0.15) is 0 Å². The third kappa shape index (κ3) is 4.62. The van der Waals surface area contributed by atoms with Gasteiger partial charge in [0.2, 0.25) is 0 Å². The summed E-state index contributed by atoms with van der Waals surface area (Å²) in [6.07, 6.45) is 5.75. The van der Waals surface area contributed by atoms with E-state index in [2.05, 4.69) is 10.6 Å². The molecule has 5 heteroatoms. The number of benzene rings is 2. The molecule has 0 bridgehead atoms. The molecule has 154 valence electrons. The largest absolute Gasteiger partial charge is 0.345 e. The number of thiophene rings is 1. The third-order valence-electron chi connectivity index (χ3n) is 5.54. The molecule has 1 atom stereocenters. The van der Waals surface area contributed by atoms with Gasteiger partial charge < -0.3 is 10.6 Å². The van der Waals surface area contributed by atoms with E-state index in [1.807, 2.05) is 55.5 Å².